The van der Waals surface area contributed by atoms with Crippen LogP contribution in [-0.4, -0.2) is 29.3 Å². The molecule has 0 bridgehead atoms. The van der Waals surface area contributed by atoms with Crippen molar-refractivity contribution in [2.24, 2.45) is 0 Å². The van der Waals surface area contributed by atoms with Crippen molar-refractivity contribution in [1.29, 1.82) is 0 Å². The lowest BCUT2D eigenvalue weighted by atomic mass is 10.5. The Morgan fingerprint density at radius 1 is 1.33 bits per heavy atom. The second-order valence-electron chi connectivity index (χ2n) is 2.65. The first-order valence-corrected chi connectivity index (χ1v) is 6.30. The van der Waals surface area contributed by atoms with Gasteiger partial charge in [-0.15, -0.1) is 0 Å². The van der Waals surface area contributed by atoms with Gasteiger partial charge in [0.05, 0.1) is 0 Å². The monoisotopic (exact) mass is 192 g/mol. The van der Waals surface area contributed by atoms with Crippen LogP contribution in [0.2, 0.25) is 6.04 Å². The normalized spacial score (nSPS) is 16.0. The van der Waals surface area contributed by atoms with Crippen LogP contribution in [0.1, 0.15) is 27.2 Å². The summed E-state index contributed by atoms with van der Waals surface area (Å²) in [4.78, 5) is 0. The van der Waals surface area contributed by atoms with Gasteiger partial charge >= 0.3 is 9.28 Å². The van der Waals surface area contributed by atoms with E-state index in [4.69, 9.17) is 13.6 Å². The van der Waals surface area contributed by atoms with Crippen molar-refractivity contribution < 1.29 is 13.6 Å². The smallest absolute Gasteiger partial charge is 0.323 e. The van der Waals surface area contributed by atoms with Crippen molar-refractivity contribution in [3.8, 4) is 0 Å². The van der Waals surface area contributed by atoms with Gasteiger partial charge in [0, 0.05) is 13.7 Å². The van der Waals surface area contributed by atoms with E-state index in [0.29, 0.717) is 0 Å². The van der Waals surface area contributed by atoms with Gasteiger partial charge in [0.2, 0.25) is 0 Å². The average Bonchev–Trinajstić information content (AvgIpc) is 2.11. The number of hydrogen-bond donors (Lipinski definition) is 0. The van der Waals surface area contributed by atoms with E-state index in [0.717, 1.165) is 19.1 Å². The van der Waals surface area contributed by atoms with Crippen molar-refractivity contribution in [2.75, 3.05) is 13.7 Å². The highest BCUT2D eigenvalue weighted by molar-refractivity contribution is 6.44. The van der Waals surface area contributed by atoms with E-state index in [1.165, 1.54) is 0 Å². The van der Waals surface area contributed by atoms with E-state index in [2.05, 4.69) is 13.8 Å². The van der Waals surface area contributed by atoms with Crippen LogP contribution in [0.3, 0.4) is 0 Å². The van der Waals surface area contributed by atoms with Crippen molar-refractivity contribution in [3.63, 3.8) is 0 Å². The molecule has 0 spiro atoms. The number of methoxy groups -OCH3 is 1. The van der Waals surface area contributed by atoms with E-state index < -0.39 is 9.28 Å². The molecule has 0 aliphatic rings. The van der Waals surface area contributed by atoms with Gasteiger partial charge in [-0.1, -0.05) is 13.8 Å². The van der Waals surface area contributed by atoms with Gasteiger partial charge in [0.25, 0.3) is 0 Å². The predicted octanol–water partition coefficient (Wildman–Crippen LogP) is 1.66. The molecular formula is C8H20O3Si. The Bertz CT molecular complexity index is 100. The third-order valence-corrected chi connectivity index (χ3v) is 3.48. The highest BCUT2D eigenvalue weighted by atomic mass is 28.3. The molecule has 0 aromatic rings. The fraction of sp³-hybridized carbons (Fsp3) is 1.00. The van der Waals surface area contributed by atoms with Gasteiger partial charge in [-0.25, -0.2) is 0 Å². The molecule has 0 aromatic heterocycles. The van der Waals surface area contributed by atoms with Crippen LogP contribution < -0.4 is 0 Å². The summed E-state index contributed by atoms with van der Waals surface area (Å²) in [5, 5.41) is 0. The molecular weight excluding hydrogens is 172 g/mol. The molecule has 0 heterocycles. The fourth-order valence-corrected chi connectivity index (χ4v) is 2.32. The molecule has 0 amide bonds. The van der Waals surface area contributed by atoms with Gasteiger partial charge < -0.3 is 13.6 Å². The largest absolute Gasteiger partial charge is 0.397 e. The zero-order chi connectivity index (χ0) is 9.40. The second kappa shape index (κ2) is 7.73. The minimum Gasteiger partial charge on any atom is -0.397 e. The molecule has 0 rings (SSSR count). The molecule has 2 unspecified atom stereocenters. The van der Waals surface area contributed by atoms with Gasteiger partial charge in [-0.3, -0.25) is 0 Å². The van der Waals surface area contributed by atoms with E-state index in [1.54, 1.807) is 7.11 Å². The Kier molecular flexibility index (Phi) is 7.79. The van der Waals surface area contributed by atoms with E-state index in [1.807, 2.05) is 6.92 Å². The van der Waals surface area contributed by atoms with Gasteiger partial charge in [0.1, 0.15) is 6.29 Å². The molecule has 0 saturated carbocycles. The first-order valence-electron chi connectivity index (χ1n) is 4.54. The lowest BCUT2D eigenvalue weighted by Crippen LogP contribution is -2.28. The molecule has 74 valence electrons. The maximum Gasteiger partial charge on any atom is 0.323 e. The van der Waals surface area contributed by atoms with Crippen LogP contribution >= 0.6 is 0 Å². The van der Waals surface area contributed by atoms with Gasteiger partial charge in [-0.2, -0.15) is 0 Å². The van der Waals surface area contributed by atoms with Crippen LogP contribution in [0.25, 0.3) is 0 Å². The number of rotatable bonds is 7. The zero-order valence-corrected chi connectivity index (χ0v) is 9.66. The molecule has 4 heteroatoms. The SMILES string of the molecule is CCCO[SiH](CC)OC(C)OC. The van der Waals surface area contributed by atoms with E-state index in [9.17, 15) is 0 Å². The van der Waals surface area contributed by atoms with Crippen LogP contribution in [0.4, 0.5) is 0 Å². The molecule has 2 atom stereocenters. The highest BCUT2D eigenvalue weighted by Gasteiger charge is 2.13. The minimum absolute atomic E-state index is 0.126. The summed E-state index contributed by atoms with van der Waals surface area (Å²) < 4.78 is 16.1. The molecule has 0 aliphatic carbocycles. The first kappa shape index (κ1) is 12.1. The fourth-order valence-electron chi connectivity index (χ4n) is 0.772. The Balaban J connectivity index is 3.51. The zero-order valence-electron chi connectivity index (χ0n) is 8.50. The average molecular weight is 192 g/mol. The number of hydrogen-bond acceptors (Lipinski definition) is 3. The lowest BCUT2D eigenvalue weighted by molar-refractivity contribution is -0.0551. The van der Waals surface area contributed by atoms with Crippen molar-refractivity contribution in [1.82, 2.24) is 0 Å². The standard InChI is InChI=1S/C8H20O3Si/c1-5-7-10-12(6-2)11-8(3)9-4/h8,12H,5-7H2,1-4H3. The molecule has 0 aromatic carbocycles. The summed E-state index contributed by atoms with van der Waals surface area (Å²) in [5.41, 5.74) is 0. The Labute approximate surface area is 76.9 Å². The van der Waals surface area contributed by atoms with Crippen LogP contribution in [0, 0.1) is 0 Å². The third kappa shape index (κ3) is 5.71. The summed E-state index contributed by atoms with van der Waals surface area (Å²) in [6.45, 7) is 6.89. The second-order valence-corrected chi connectivity index (χ2v) is 4.93. The maximum absolute atomic E-state index is 5.55. The molecule has 0 aliphatic heterocycles. The quantitative estimate of drug-likeness (QED) is 0.453. The maximum atomic E-state index is 5.55. The summed E-state index contributed by atoms with van der Waals surface area (Å²) >= 11 is 0. The summed E-state index contributed by atoms with van der Waals surface area (Å²) in [6, 6.07) is 0.994. The molecule has 3 nitrogen and oxygen atoms in total. The molecule has 12 heavy (non-hydrogen) atoms. The van der Waals surface area contributed by atoms with Crippen LogP contribution in [-0.2, 0) is 13.6 Å². The molecule has 0 N–H and O–H groups in total. The van der Waals surface area contributed by atoms with Crippen LogP contribution in [0.15, 0.2) is 0 Å². The van der Waals surface area contributed by atoms with E-state index in [-0.39, 0.29) is 6.29 Å². The Hall–Kier alpha value is 0.0969. The minimum atomic E-state index is -1.43. The van der Waals surface area contributed by atoms with Crippen molar-refractivity contribution in [2.45, 2.75) is 39.5 Å². The van der Waals surface area contributed by atoms with Gasteiger partial charge in [-0.05, 0) is 19.4 Å². The topological polar surface area (TPSA) is 27.7 Å². The molecule has 0 radical (unpaired) electrons. The first-order chi connectivity index (χ1) is 5.74. The summed E-state index contributed by atoms with van der Waals surface area (Å²) in [7, 11) is 0.213. The third-order valence-electron chi connectivity index (χ3n) is 1.52. The van der Waals surface area contributed by atoms with E-state index >= 15 is 0 Å². The van der Waals surface area contributed by atoms with Gasteiger partial charge in [0.15, 0.2) is 0 Å². The summed E-state index contributed by atoms with van der Waals surface area (Å²) in [6.07, 6.45) is 0.923. The van der Waals surface area contributed by atoms with Crippen LogP contribution in [0.5, 0.6) is 0 Å². The molecule has 0 fully saturated rings. The highest BCUT2D eigenvalue weighted by Crippen LogP contribution is 2.02. The Morgan fingerprint density at radius 2 is 2.00 bits per heavy atom. The van der Waals surface area contributed by atoms with Crippen molar-refractivity contribution >= 4 is 9.28 Å². The summed E-state index contributed by atoms with van der Waals surface area (Å²) in [5.74, 6) is 0. The Morgan fingerprint density at radius 3 is 2.42 bits per heavy atom. The predicted molar refractivity (Wildman–Crippen MR) is 51.4 cm³/mol. The van der Waals surface area contributed by atoms with Crippen molar-refractivity contribution in [3.05, 3.63) is 0 Å². The lowest BCUT2D eigenvalue weighted by Gasteiger charge is -2.18. The molecule has 0 saturated heterocycles. The number of ether oxygens (including phenoxy) is 1.